The van der Waals surface area contributed by atoms with Crippen molar-refractivity contribution in [3.63, 3.8) is 0 Å². The number of para-hydroxylation sites is 1. The van der Waals surface area contributed by atoms with Crippen LogP contribution in [0.4, 0.5) is 0 Å². The Balaban J connectivity index is 1.84. The Hall–Kier alpha value is -3.56. The first-order valence-electron chi connectivity index (χ1n) is 9.62. The Morgan fingerprint density at radius 1 is 0.933 bits per heavy atom. The Bertz CT molecular complexity index is 1390. The van der Waals surface area contributed by atoms with Crippen LogP contribution < -0.4 is 0 Å². The normalized spacial score (nSPS) is 11.5. The van der Waals surface area contributed by atoms with Crippen LogP contribution in [0.2, 0.25) is 5.02 Å². The molecule has 0 fully saturated rings. The number of aromatic nitrogens is 1. The van der Waals surface area contributed by atoms with Gasteiger partial charge in [-0.1, -0.05) is 66.2 Å². The molecule has 0 amide bonds. The average molecular weight is 412 g/mol. The number of rotatable bonds is 4. The van der Waals surface area contributed by atoms with Crippen LogP contribution in [-0.2, 0) is 4.74 Å². The highest BCUT2D eigenvalue weighted by Gasteiger charge is 2.18. The summed E-state index contributed by atoms with van der Waals surface area (Å²) in [7, 11) is 1.62. The summed E-state index contributed by atoms with van der Waals surface area (Å²) in [6.07, 6.45) is 3.52. The van der Waals surface area contributed by atoms with Crippen molar-refractivity contribution in [3.8, 4) is 22.6 Å². The monoisotopic (exact) mass is 411 g/mol. The van der Waals surface area contributed by atoms with Crippen LogP contribution in [0.25, 0.3) is 50.5 Å². The lowest BCUT2D eigenvalue weighted by Gasteiger charge is -2.13. The van der Waals surface area contributed by atoms with Gasteiger partial charge < -0.3 is 9.15 Å². The zero-order chi connectivity index (χ0) is 20.5. The Morgan fingerprint density at radius 2 is 1.73 bits per heavy atom. The fraction of sp³-hybridized carbons (Fsp3) is 0.0385. The van der Waals surface area contributed by atoms with E-state index in [1.54, 1.807) is 13.4 Å². The van der Waals surface area contributed by atoms with Crippen LogP contribution in [0, 0.1) is 0 Å². The van der Waals surface area contributed by atoms with E-state index in [4.69, 9.17) is 25.7 Å². The van der Waals surface area contributed by atoms with E-state index in [2.05, 4.69) is 12.1 Å². The number of hydrogen-bond acceptors (Lipinski definition) is 3. The van der Waals surface area contributed by atoms with Gasteiger partial charge in [-0.2, -0.15) is 0 Å². The van der Waals surface area contributed by atoms with Crippen LogP contribution in [-0.4, -0.2) is 12.1 Å². The van der Waals surface area contributed by atoms with Gasteiger partial charge in [-0.05, 0) is 41.1 Å². The third kappa shape index (κ3) is 3.14. The molecule has 0 unspecified atom stereocenters. The minimum atomic E-state index is 0.596. The molecule has 5 rings (SSSR count). The van der Waals surface area contributed by atoms with Gasteiger partial charge in [0.15, 0.2) is 5.58 Å². The third-order valence-corrected chi connectivity index (χ3v) is 5.43. The lowest BCUT2D eigenvalue weighted by atomic mass is 9.92. The largest absolute Gasteiger partial charge is 0.504 e. The van der Waals surface area contributed by atoms with Crippen molar-refractivity contribution in [1.29, 1.82) is 0 Å². The second kappa shape index (κ2) is 7.69. The van der Waals surface area contributed by atoms with E-state index < -0.39 is 0 Å². The molecule has 0 spiro atoms. The van der Waals surface area contributed by atoms with Gasteiger partial charge in [-0.15, -0.1) is 0 Å². The molecule has 0 aliphatic heterocycles. The van der Waals surface area contributed by atoms with Crippen LogP contribution >= 0.6 is 11.6 Å². The second-order valence-corrected chi connectivity index (χ2v) is 7.35. The first-order valence-corrected chi connectivity index (χ1v) is 10.00. The van der Waals surface area contributed by atoms with Crippen molar-refractivity contribution in [2.24, 2.45) is 0 Å². The molecule has 3 nitrogen and oxygen atoms in total. The van der Waals surface area contributed by atoms with E-state index >= 15 is 0 Å². The molecule has 0 aliphatic carbocycles. The van der Waals surface area contributed by atoms with Crippen LogP contribution in [0.1, 0.15) is 5.56 Å². The van der Waals surface area contributed by atoms with Crippen molar-refractivity contribution >= 4 is 39.5 Å². The lowest BCUT2D eigenvalue weighted by molar-refractivity contribution is 0.341. The summed E-state index contributed by atoms with van der Waals surface area (Å²) < 4.78 is 11.5. The topological polar surface area (TPSA) is 35.3 Å². The number of nitrogens with zero attached hydrogens (tertiary/aromatic N) is 1. The summed E-state index contributed by atoms with van der Waals surface area (Å²) in [5.41, 5.74) is 5.29. The summed E-state index contributed by atoms with van der Waals surface area (Å²) in [4.78, 5) is 4.72. The minimum absolute atomic E-state index is 0.596. The fourth-order valence-electron chi connectivity index (χ4n) is 3.77. The predicted molar refractivity (Wildman–Crippen MR) is 123 cm³/mol. The maximum Gasteiger partial charge on any atom is 0.227 e. The molecule has 0 saturated heterocycles. The third-order valence-electron chi connectivity index (χ3n) is 5.11. The van der Waals surface area contributed by atoms with Crippen LogP contribution in [0.15, 0.2) is 89.5 Å². The molecular formula is C26H18ClNO2. The molecule has 4 heteroatoms. The first-order chi connectivity index (χ1) is 14.8. The Kier molecular flexibility index (Phi) is 4.74. The molecule has 0 atom stereocenters. The Labute approximate surface area is 179 Å². The van der Waals surface area contributed by atoms with Gasteiger partial charge >= 0.3 is 0 Å². The van der Waals surface area contributed by atoms with Gasteiger partial charge in [0.2, 0.25) is 5.89 Å². The van der Waals surface area contributed by atoms with E-state index in [9.17, 15) is 0 Å². The van der Waals surface area contributed by atoms with Crippen molar-refractivity contribution < 1.29 is 9.15 Å². The van der Waals surface area contributed by atoms with Crippen LogP contribution in [0.3, 0.4) is 0 Å². The molecule has 4 aromatic carbocycles. The molecule has 0 bridgehead atoms. The summed E-state index contributed by atoms with van der Waals surface area (Å²) in [5, 5.41) is 2.80. The van der Waals surface area contributed by atoms with Crippen molar-refractivity contribution in [2.75, 3.05) is 7.11 Å². The van der Waals surface area contributed by atoms with Gasteiger partial charge in [-0.3, -0.25) is 0 Å². The number of oxazole rings is 1. The zero-order valence-corrected chi connectivity index (χ0v) is 17.1. The smallest absolute Gasteiger partial charge is 0.227 e. The van der Waals surface area contributed by atoms with Gasteiger partial charge in [-0.25, -0.2) is 4.98 Å². The number of benzene rings is 4. The average Bonchev–Trinajstić information content (AvgIpc) is 3.23. The van der Waals surface area contributed by atoms with Crippen molar-refractivity contribution in [1.82, 2.24) is 4.98 Å². The van der Waals surface area contributed by atoms with E-state index in [1.165, 1.54) is 0 Å². The van der Waals surface area contributed by atoms with E-state index in [0.29, 0.717) is 10.9 Å². The molecule has 146 valence electrons. The summed E-state index contributed by atoms with van der Waals surface area (Å²) in [5.74, 6) is 0.596. The molecule has 1 aromatic heterocycles. The molecular weight excluding hydrogens is 394 g/mol. The van der Waals surface area contributed by atoms with Crippen molar-refractivity contribution in [3.05, 3.63) is 95.7 Å². The predicted octanol–water partition coefficient (Wildman–Crippen LogP) is 7.59. The van der Waals surface area contributed by atoms with E-state index in [0.717, 1.165) is 44.1 Å². The van der Waals surface area contributed by atoms with Gasteiger partial charge in [0.25, 0.3) is 0 Å². The second-order valence-electron chi connectivity index (χ2n) is 6.95. The number of halogens is 1. The highest BCUT2D eigenvalue weighted by molar-refractivity contribution is 6.34. The first kappa shape index (κ1) is 18.5. The molecule has 1 heterocycles. The summed E-state index contributed by atoms with van der Waals surface area (Å²) in [6.45, 7) is 0. The van der Waals surface area contributed by atoms with Gasteiger partial charge in [0.1, 0.15) is 5.52 Å². The number of fused-ring (bicyclic) bond motifs is 2. The highest BCUT2D eigenvalue weighted by atomic mass is 35.5. The Morgan fingerprint density at radius 3 is 2.57 bits per heavy atom. The van der Waals surface area contributed by atoms with Crippen LogP contribution in [0.5, 0.6) is 0 Å². The molecule has 0 saturated carbocycles. The lowest BCUT2D eigenvalue weighted by Crippen LogP contribution is -1.89. The van der Waals surface area contributed by atoms with Gasteiger partial charge in [0.05, 0.1) is 13.4 Å². The standard InChI is InChI=1S/C26H18ClNO2/c1-29-15-14-20-22(27)16-18-10-5-6-11-19(18)24(20)21-12-7-13-23-25(21)30-26(28-23)17-8-3-2-4-9-17/h2-16H,1H3/b15-14+. The van der Waals surface area contributed by atoms with E-state index in [-0.39, 0.29) is 0 Å². The molecule has 0 N–H and O–H groups in total. The van der Waals surface area contributed by atoms with Crippen molar-refractivity contribution in [2.45, 2.75) is 0 Å². The van der Waals surface area contributed by atoms with E-state index in [1.807, 2.05) is 72.8 Å². The molecule has 0 radical (unpaired) electrons. The number of ether oxygens (including phenoxy) is 1. The number of methoxy groups -OCH3 is 1. The number of hydrogen-bond donors (Lipinski definition) is 0. The summed E-state index contributed by atoms with van der Waals surface area (Å²) in [6, 6.07) is 26.1. The molecule has 5 aromatic rings. The molecule has 0 aliphatic rings. The maximum absolute atomic E-state index is 6.69. The SMILES string of the molecule is CO/C=C/c1c(Cl)cc2ccccc2c1-c1cccc2nc(-c3ccccc3)oc12. The molecule has 30 heavy (non-hydrogen) atoms. The zero-order valence-electron chi connectivity index (χ0n) is 16.3. The fourth-order valence-corrected chi connectivity index (χ4v) is 4.04. The summed E-state index contributed by atoms with van der Waals surface area (Å²) >= 11 is 6.69. The highest BCUT2D eigenvalue weighted by Crippen LogP contribution is 2.41. The minimum Gasteiger partial charge on any atom is -0.504 e. The maximum atomic E-state index is 6.69. The quantitative estimate of drug-likeness (QED) is 0.286. The van der Waals surface area contributed by atoms with Gasteiger partial charge in [0, 0.05) is 27.3 Å².